The lowest BCUT2D eigenvalue weighted by atomic mass is 10.3. The third kappa shape index (κ3) is 6.49. The van der Waals surface area contributed by atoms with E-state index in [2.05, 4.69) is 5.32 Å². The largest absolute Gasteiger partial charge is 0.494 e. The Bertz CT molecular complexity index is 409. The van der Waals surface area contributed by atoms with E-state index in [1.165, 1.54) is 19.2 Å². The summed E-state index contributed by atoms with van der Waals surface area (Å²) in [5.41, 5.74) is 5.49. The molecule has 0 aromatic heterocycles. The van der Waals surface area contributed by atoms with E-state index in [4.69, 9.17) is 31.2 Å². The second-order valence-electron chi connectivity index (χ2n) is 2.63. The van der Waals surface area contributed by atoms with Crippen molar-refractivity contribution in [2.75, 3.05) is 12.4 Å². The van der Waals surface area contributed by atoms with Crippen molar-refractivity contribution in [3.05, 3.63) is 34.1 Å². The van der Waals surface area contributed by atoms with E-state index < -0.39 is 10.9 Å². The van der Waals surface area contributed by atoms with Gasteiger partial charge in [-0.3, -0.25) is 5.41 Å². The molecule has 0 atom stereocenters. The van der Waals surface area contributed by atoms with E-state index in [0.29, 0.717) is 5.69 Å². The van der Waals surface area contributed by atoms with Crippen LogP contribution in [0.4, 0.5) is 10.1 Å². The van der Waals surface area contributed by atoms with Crippen molar-refractivity contribution in [2.24, 2.45) is 5.73 Å². The number of benzene rings is 1. The average Bonchev–Trinajstić information content (AvgIpc) is 2.16. The molecule has 0 radical (unpaired) electrons. The highest BCUT2D eigenvalue weighted by atomic mass is 19.1. The summed E-state index contributed by atoms with van der Waals surface area (Å²) in [4.78, 5) is 8.36. The molecule has 0 saturated carbocycles. The second kappa shape index (κ2) is 6.82. The van der Waals surface area contributed by atoms with Gasteiger partial charge in [0.2, 0.25) is 0 Å². The van der Waals surface area contributed by atoms with Gasteiger partial charge in [-0.25, -0.2) is 4.39 Å². The van der Waals surface area contributed by atoms with E-state index >= 15 is 0 Å². The van der Waals surface area contributed by atoms with Gasteiger partial charge in [-0.2, -0.15) is 0 Å². The molecule has 8 nitrogen and oxygen atoms in total. The number of hydrogen-bond donors (Lipinski definition) is 4. The van der Waals surface area contributed by atoms with Crippen molar-refractivity contribution in [1.82, 2.24) is 0 Å². The number of nitrogens with zero attached hydrogens (tertiary/aromatic N) is 1. The van der Waals surface area contributed by atoms with Crippen LogP contribution >= 0.6 is 0 Å². The lowest BCUT2D eigenvalue weighted by molar-refractivity contribution is -0.742. The summed E-state index contributed by atoms with van der Waals surface area (Å²) >= 11 is 0. The van der Waals surface area contributed by atoms with Crippen LogP contribution in [0.2, 0.25) is 0 Å². The molecule has 0 aliphatic rings. The SMILES string of the molecule is COc1ccc(NC(=N)N)cc1F.O=[N+]([O-])O. The average molecular weight is 246 g/mol. The minimum absolute atomic E-state index is 0.161. The first-order valence-corrected chi connectivity index (χ1v) is 4.14. The van der Waals surface area contributed by atoms with Crippen LogP contribution in [0.5, 0.6) is 5.75 Å². The standard InChI is InChI=1S/C8H10FN3O.HNO3/c1-13-7-3-2-5(4-6(7)9)12-8(10)11;2-1(3)4/h2-4H,1H3,(H4,10,11,12);(H,2,3,4). The molecule has 17 heavy (non-hydrogen) atoms. The molecule has 1 aromatic carbocycles. The van der Waals surface area contributed by atoms with Crippen LogP contribution in [-0.4, -0.2) is 23.4 Å². The van der Waals surface area contributed by atoms with Crippen molar-refractivity contribution in [2.45, 2.75) is 0 Å². The van der Waals surface area contributed by atoms with Gasteiger partial charge >= 0.3 is 0 Å². The quantitative estimate of drug-likeness (QED) is 0.264. The summed E-state index contributed by atoms with van der Waals surface area (Å²) in [6, 6.07) is 4.24. The molecular weight excluding hydrogens is 235 g/mol. The Hall–Kier alpha value is -2.58. The van der Waals surface area contributed by atoms with Crippen molar-refractivity contribution in [3.63, 3.8) is 0 Å². The third-order valence-corrected chi connectivity index (χ3v) is 1.43. The summed E-state index contributed by atoms with van der Waals surface area (Å²) in [5, 5.41) is 23.0. The monoisotopic (exact) mass is 246 g/mol. The zero-order valence-electron chi connectivity index (χ0n) is 8.81. The molecule has 0 amide bonds. The van der Waals surface area contributed by atoms with Gasteiger partial charge in [0, 0.05) is 11.8 Å². The highest BCUT2D eigenvalue weighted by molar-refractivity contribution is 5.89. The first-order chi connectivity index (χ1) is 7.86. The molecule has 0 aliphatic carbocycles. The Morgan fingerprint density at radius 2 is 2.24 bits per heavy atom. The van der Waals surface area contributed by atoms with E-state index in [-0.39, 0.29) is 11.7 Å². The molecule has 5 N–H and O–H groups in total. The van der Waals surface area contributed by atoms with E-state index in [1.54, 1.807) is 6.07 Å². The van der Waals surface area contributed by atoms with Gasteiger partial charge in [0.25, 0.3) is 5.09 Å². The maximum absolute atomic E-state index is 13.0. The summed E-state index contributed by atoms with van der Waals surface area (Å²) in [7, 11) is 1.39. The summed E-state index contributed by atoms with van der Waals surface area (Å²) in [5.74, 6) is -0.563. The molecule has 0 bridgehead atoms. The number of methoxy groups -OCH3 is 1. The molecule has 1 aromatic rings. The second-order valence-corrected chi connectivity index (χ2v) is 2.63. The Morgan fingerprint density at radius 3 is 2.59 bits per heavy atom. The van der Waals surface area contributed by atoms with E-state index in [9.17, 15) is 4.39 Å². The van der Waals surface area contributed by atoms with Gasteiger partial charge in [0.1, 0.15) is 0 Å². The lowest BCUT2D eigenvalue weighted by Gasteiger charge is -2.05. The van der Waals surface area contributed by atoms with Gasteiger partial charge in [-0.1, -0.05) is 0 Å². The third-order valence-electron chi connectivity index (χ3n) is 1.43. The first-order valence-electron chi connectivity index (χ1n) is 4.14. The van der Waals surface area contributed by atoms with Crippen molar-refractivity contribution in [1.29, 1.82) is 5.41 Å². The number of ether oxygens (including phenoxy) is 1. The van der Waals surface area contributed by atoms with Crippen LogP contribution < -0.4 is 15.8 Å². The van der Waals surface area contributed by atoms with Crippen LogP contribution in [0.25, 0.3) is 0 Å². The van der Waals surface area contributed by atoms with Crippen LogP contribution in [-0.2, 0) is 0 Å². The number of hydrogen-bond acceptors (Lipinski definition) is 4. The molecule has 0 heterocycles. The maximum Gasteiger partial charge on any atom is 0.291 e. The van der Waals surface area contributed by atoms with Gasteiger partial charge < -0.3 is 21.0 Å². The highest BCUT2D eigenvalue weighted by Gasteiger charge is 2.02. The Morgan fingerprint density at radius 1 is 1.71 bits per heavy atom. The van der Waals surface area contributed by atoms with Crippen LogP contribution in [0, 0.1) is 21.3 Å². The fraction of sp³-hybridized carbons (Fsp3) is 0.125. The van der Waals surface area contributed by atoms with Gasteiger partial charge in [-0.15, -0.1) is 10.1 Å². The molecule has 0 fully saturated rings. The fourth-order valence-electron chi connectivity index (χ4n) is 0.900. The summed E-state index contributed by atoms with van der Waals surface area (Å²) in [6.07, 6.45) is 0. The molecule has 94 valence electrons. The molecule has 0 saturated heterocycles. The number of nitrogens with one attached hydrogen (secondary N) is 2. The molecule has 1 rings (SSSR count). The van der Waals surface area contributed by atoms with E-state index in [0.717, 1.165) is 0 Å². The van der Waals surface area contributed by atoms with E-state index in [1.807, 2.05) is 0 Å². The maximum atomic E-state index is 13.0. The van der Waals surface area contributed by atoms with Gasteiger partial charge in [0.05, 0.1) is 7.11 Å². The molecule has 9 heteroatoms. The summed E-state index contributed by atoms with van der Waals surface area (Å²) in [6.45, 7) is 0. The first kappa shape index (κ1) is 14.4. The summed E-state index contributed by atoms with van der Waals surface area (Å²) < 4.78 is 17.7. The predicted octanol–water partition coefficient (Wildman–Crippen LogP) is 0.792. The Labute approximate surface area is 95.4 Å². The predicted molar refractivity (Wildman–Crippen MR) is 57.3 cm³/mol. The van der Waals surface area contributed by atoms with Crippen LogP contribution in [0.15, 0.2) is 18.2 Å². The Kier molecular flexibility index (Phi) is 5.79. The van der Waals surface area contributed by atoms with Crippen molar-refractivity contribution < 1.29 is 19.4 Å². The molecule has 0 spiro atoms. The smallest absolute Gasteiger partial charge is 0.291 e. The zero-order chi connectivity index (χ0) is 13.4. The molecule has 0 unspecified atom stereocenters. The lowest BCUT2D eigenvalue weighted by Crippen LogP contribution is -2.20. The number of guanidine groups is 1. The minimum atomic E-state index is -1.50. The fourth-order valence-corrected chi connectivity index (χ4v) is 0.900. The van der Waals surface area contributed by atoms with Crippen molar-refractivity contribution >= 4 is 11.6 Å². The number of nitrogens with two attached hydrogens (primary N) is 1. The molecular formula is C8H11FN4O4. The normalized spacial score (nSPS) is 8.59. The number of anilines is 1. The Balaban J connectivity index is 0.000000557. The highest BCUT2D eigenvalue weighted by Crippen LogP contribution is 2.20. The number of rotatable bonds is 2. The van der Waals surface area contributed by atoms with Crippen LogP contribution in [0.1, 0.15) is 0 Å². The van der Waals surface area contributed by atoms with Gasteiger partial charge in [0.15, 0.2) is 17.5 Å². The van der Waals surface area contributed by atoms with Gasteiger partial charge in [-0.05, 0) is 12.1 Å². The number of halogens is 1. The topological polar surface area (TPSA) is 134 Å². The van der Waals surface area contributed by atoms with Crippen LogP contribution in [0.3, 0.4) is 0 Å². The minimum Gasteiger partial charge on any atom is -0.494 e. The molecule has 0 aliphatic heterocycles. The van der Waals surface area contributed by atoms with Crippen molar-refractivity contribution in [3.8, 4) is 5.75 Å². The zero-order valence-corrected chi connectivity index (χ0v) is 8.81.